The molecule has 0 radical (unpaired) electrons. The zero-order valence-corrected chi connectivity index (χ0v) is 15.2. The SMILES string of the molecule is CCCCCC(c1ccc(C(F)(F)F)cc1)c1c(C)[nH]c2ccccc12. The number of aromatic amines is 1. The second-order valence-corrected chi connectivity index (χ2v) is 6.88. The van der Waals surface area contributed by atoms with Crippen LogP contribution in [0.2, 0.25) is 0 Å². The highest BCUT2D eigenvalue weighted by Gasteiger charge is 2.30. The normalized spacial score (nSPS) is 13.3. The van der Waals surface area contributed by atoms with Crippen LogP contribution >= 0.6 is 0 Å². The van der Waals surface area contributed by atoms with Gasteiger partial charge in [0.05, 0.1) is 5.56 Å². The van der Waals surface area contributed by atoms with E-state index < -0.39 is 11.7 Å². The van der Waals surface area contributed by atoms with Gasteiger partial charge in [-0.15, -0.1) is 0 Å². The summed E-state index contributed by atoms with van der Waals surface area (Å²) in [4.78, 5) is 3.42. The quantitative estimate of drug-likeness (QED) is 0.448. The van der Waals surface area contributed by atoms with E-state index in [2.05, 4.69) is 18.0 Å². The number of alkyl halides is 3. The molecule has 26 heavy (non-hydrogen) atoms. The minimum atomic E-state index is -4.30. The van der Waals surface area contributed by atoms with E-state index in [-0.39, 0.29) is 5.92 Å². The van der Waals surface area contributed by atoms with E-state index in [4.69, 9.17) is 0 Å². The predicted molar refractivity (Wildman–Crippen MR) is 100 cm³/mol. The lowest BCUT2D eigenvalue weighted by Gasteiger charge is -2.19. The summed E-state index contributed by atoms with van der Waals surface area (Å²) in [6.45, 7) is 4.20. The molecule has 0 aliphatic rings. The molecule has 1 aromatic heterocycles. The zero-order chi connectivity index (χ0) is 18.7. The Kier molecular flexibility index (Phi) is 5.40. The summed E-state index contributed by atoms with van der Waals surface area (Å²) in [5.41, 5.74) is 3.72. The number of H-pyrrole nitrogens is 1. The third kappa shape index (κ3) is 3.79. The molecule has 0 saturated heterocycles. The minimum absolute atomic E-state index is 0.0972. The molecule has 3 rings (SSSR count). The summed E-state index contributed by atoms with van der Waals surface area (Å²) in [5.74, 6) is 0.0972. The number of aryl methyl sites for hydroxylation is 1. The molecule has 1 nitrogen and oxygen atoms in total. The minimum Gasteiger partial charge on any atom is -0.358 e. The number of benzene rings is 2. The summed E-state index contributed by atoms with van der Waals surface area (Å²) in [5, 5.41) is 1.16. The van der Waals surface area contributed by atoms with E-state index in [0.717, 1.165) is 47.8 Å². The molecule has 0 spiro atoms. The van der Waals surface area contributed by atoms with E-state index in [0.29, 0.717) is 0 Å². The van der Waals surface area contributed by atoms with Gasteiger partial charge in [-0.1, -0.05) is 56.5 Å². The van der Waals surface area contributed by atoms with E-state index in [1.54, 1.807) is 12.1 Å². The van der Waals surface area contributed by atoms with Gasteiger partial charge >= 0.3 is 6.18 Å². The molecule has 0 bridgehead atoms. The van der Waals surface area contributed by atoms with Crippen LogP contribution in [0.1, 0.15) is 60.9 Å². The predicted octanol–water partition coefficient (Wildman–Crippen LogP) is 7.21. The van der Waals surface area contributed by atoms with E-state index >= 15 is 0 Å². The van der Waals surface area contributed by atoms with Crippen molar-refractivity contribution in [1.82, 2.24) is 4.98 Å². The third-order valence-electron chi connectivity index (χ3n) is 5.03. The molecule has 1 heterocycles. The van der Waals surface area contributed by atoms with Crippen LogP contribution < -0.4 is 0 Å². The maximum Gasteiger partial charge on any atom is 0.416 e. The Bertz CT molecular complexity index is 859. The molecule has 0 aliphatic carbocycles. The number of unbranched alkanes of at least 4 members (excludes halogenated alkanes) is 2. The van der Waals surface area contributed by atoms with Crippen LogP contribution in [0, 0.1) is 6.92 Å². The number of halogens is 3. The molecular weight excluding hydrogens is 335 g/mol. The second-order valence-electron chi connectivity index (χ2n) is 6.88. The smallest absolute Gasteiger partial charge is 0.358 e. The van der Waals surface area contributed by atoms with Crippen LogP contribution in [-0.4, -0.2) is 4.98 Å². The number of hydrogen-bond acceptors (Lipinski definition) is 0. The van der Waals surface area contributed by atoms with Gasteiger partial charge in [0.25, 0.3) is 0 Å². The highest BCUT2D eigenvalue weighted by atomic mass is 19.4. The monoisotopic (exact) mass is 359 g/mol. The highest BCUT2D eigenvalue weighted by Crippen LogP contribution is 2.38. The summed E-state index contributed by atoms with van der Waals surface area (Å²) in [6, 6.07) is 13.8. The molecule has 0 amide bonds. The molecule has 3 aromatic rings. The molecule has 0 aliphatic heterocycles. The Hall–Kier alpha value is -2.23. The lowest BCUT2D eigenvalue weighted by molar-refractivity contribution is -0.137. The van der Waals surface area contributed by atoms with E-state index in [1.807, 2.05) is 25.1 Å². The van der Waals surface area contributed by atoms with Gasteiger partial charge in [0.1, 0.15) is 0 Å². The Morgan fingerprint density at radius 1 is 0.962 bits per heavy atom. The first-order valence-corrected chi connectivity index (χ1v) is 9.16. The molecule has 1 unspecified atom stereocenters. The number of para-hydroxylation sites is 1. The van der Waals surface area contributed by atoms with Gasteiger partial charge in [0.15, 0.2) is 0 Å². The molecule has 2 aromatic carbocycles. The molecule has 0 fully saturated rings. The number of nitrogens with one attached hydrogen (secondary N) is 1. The maximum absolute atomic E-state index is 12.9. The number of hydrogen-bond donors (Lipinski definition) is 1. The van der Waals surface area contributed by atoms with Gasteiger partial charge in [-0.2, -0.15) is 13.2 Å². The van der Waals surface area contributed by atoms with Crippen molar-refractivity contribution < 1.29 is 13.2 Å². The van der Waals surface area contributed by atoms with Crippen molar-refractivity contribution in [1.29, 1.82) is 0 Å². The van der Waals surface area contributed by atoms with Crippen molar-refractivity contribution in [2.45, 2.75) is 51.6 Å². The molecule has 0 saturated carbocycles. The number of aromatic nitrogens is 1. The first-order chi connectivity index (χ1) is 12.4. The van der Waals surface area contributed by atoms with Gasteiger partial charge in [0, 0.05) is 22.5 Å². The summed E-state index contributed by atoms with van der Waals surface area (Å²) >= 11 is 0. The highest BCUT2D eigenvalue weighted by molar-refractivity contribution is 5.85. The molecule has 1 N–H and O–H groups in total. The third-order valence-corrected chi connectivity index (χ3v) is 5.03. The van der Waals surface area contributed by atoms with Gasteiger partial charge in [0.2, 0.25) is 0 Å². The fourth-order valence-corrected chi connectivity index (χ4v) is 3.73. The first kappa shape index (κ1) is 18.6. The molecule has 4 heteroatoms. The zero-order valence-electron chi connectivity index (χ0n) is 15.2. The van der Waals surface area contributed by atoms with Crippen LogP contribution in [-0.2, 0) is 6.18 Å². The van der Waals surface area contributed by atoms with Crippen LogP contribution in [0.5, 0.6) is 0 Å². The summed E-state index contributed by atoms with van der Waals surface area (Å²) in [7, 11) is 0. The van der Waals surface area contributed by atoms with Crippen LogP contribution in [0.3, 0.4) is 0 Å². The van der Waals surface area contributed by atoms with Crippen LogP contribution in [0.25, 0.3) is 10.9 Å². The molecule has 1 atom stereocenters. The lowest BCUT2D eigenvalue weighted by atomic mass is 9.85. The number of rotatable bonds is 6. The van der Waals surface area contributed by atoms with Crippen molar-refractivity contribution >= 4 is 10.9 Å². The average Bonchev–Trinajstić information content (AvgIpc) is 2.94. The average molecular weight is 359 g/mol. The summed E-state index contributed by atoms with van der Waals surface area (Å²) in [6.07, 6.45) is -0.0684. The van der Waals surface area contributed by atoms with Gasteiger partial charge in [-0.05, 0) is 42.7 Å². The topological polar surface area (TPSA) is 15.8 Å². The van der Waals surface area contributed by atoms with Crippen molar-refractivity contribution in [2.75, 3.05) is 0 Å². The lowest BCUT2D eigenvalue weighted by Crippen LogP contribution is -2.07. The Labute approximate surface area is 152 Å². The van der Waals surface area contributed by atoms with Crippen molar-refractivity contribution in [3.63, 3.8) is 0 Å². The van der Waals surface area contributed by atoms with Crippen molar-refractivity contribution in [3.8, 4) is 0 Å². The van der Waals surface area contributed by atoms with Crippen LogP contribution in [0.15, 0.2) is 48.5 Å². The Morgan fingerprint density at radius 3 is 2.31 bits per heavy atom. The fraction of sp³-hybridized carbons (Fsp3) is 0.364. The van der Waals surface area contributed by atoms with E-state index in [9.17, 15) is 13.2 Å². The largest absolute Gasteiger partial charge is 0.416 e. The van der Waals surface area contributed by atoms with Gasteiger partial charge in [-0.25, -0.2) is 0 Å². The van der Waals surface area contributed by atoms with Crippen LogP contribution in [0.4, 0.5) is 13.2 Å². The fourth-order valence-electron chi connectivity index (χ4n) is 3.73. The molecule has 138 valence electrons. The van der Waals surface area contributed by atoms with Gasteiger partial charge < -0.3 is 4.98 Å². The second kappa shape index (κ2) is 7.56. The first-order valence-electron chi connectivity index (χ1n) is 9.16. The summed E-state index contributed by atoms with van der Waals surface area (Å²) < 4.78 is 38.7. The van der Waals surface area contributed by atoms with Gasteiger partial charge in [-0.3, -0.25) is 0 Å². The Morgan fingerprint density at radius 2 is 1.65 bits per heavy atom. The standard InChI is InChI=1S/C22H24F3N/c1-3-4-5-8-18(16-11-13-17(14-12-16)22(23,24)25)21-15(2)26-20-10-7-6-9-19(20)21/h6-7,9-14,18,26H,3-5,8H2,1-2H3. The van der Waals surface area contributed by atoms with Crippen molar-refractivity contribution in [3.05, 3.63) is 70.9 Å². The van der Waals surface area contributed by atoms with E-state index in [1.165, 1.54) is 17.7 Å². The van der Waals surface area contributed by atoms with Crippen molar-refractivity contribution in [2.24, 2.45) is 0 Å². The molecular formula is C22H24F3N. The number of fused-ring (bicyclic) bond motifs is 1. The Balaban J connectivity index is 2.03. The maximum atomic E-state index is 12.9.